The van der Waals surface area contributed by atoms with Gasteiger partial charge in [0.15, 0.2) is 0 Å². The number of hydrogen-bond acceptors (Lipinski definition) is 3. The highest BCUT2D eigenvalue weighted by atomic mass is 19.1. The quantitative estimate of drug-likeness (QED) is 0.819. The minimum absolute atomic E-state index is 0.153. The fraction of sp³-hybridized carbons (Fsp3) is 0.538. The monoisotopic (exact) mass is 236 g/mol. The summed E-state index contributed by atoms with van der Waals surface area (Å²) in [6.07, 6.45) is 1.93. The van der Waals surface area contributed by atoms with Crippen molar-refractivity contribution in [1.82, 2.24) is 5.32 Å². The third-order valence-electron chi connectivity index (χ3n) is 3.51. The predicted octanol–water partition coefficient (Wildman–Crippen LogP) is 1.67. The molecule has 0 bridgehead atoms. The summed E-state index contributed by atoms with van der Waals surface area (Å²) in [5.41, 5.74) is 3.01. The maximum atomic E-state index is 13.9. The first-order valence-electron chi connectivity index (χ1n) is 6.20. The topological polar surface area (TPSA) is 33.3 Å². The van der Waals surface area contributed by atoms with Crippen molar-refractivity contribution in [2.24, 2.45) is 0 Å². The molecular formula is C13H17FN2O. The lowest BCUT2D eigenvalue weighted by Gasteiger charge is -2.23. The molecule has 1 unspecified atom stereocenters. The second-order valence-electron chi connectivity index (χ2n) is 4.69. The van der Waals surface area contributed by atoms with E-state index in [9.17, 15) is 4.39 Å². The van der Waals surface area contributed by atoms with Gasteiger partial charge in [-0.15, -0.1) is 0 Å². The van der Waals surface area contributed by atoms with Crippen molar-refractivity contribution in [1.29, 1.82) is 0 Å². The highest BCUT2D eigenvalue weighted by Gasteiger charge is 2.21. The first-order valence-corrected chi connectivity index (χ1v) is 6.20. The Balaban J connectivity index is 1.90. The van der Waals surface area contributed by atoms with Crippen LogP contribution >= 0.6 is 0 Å². The molecule has 0 aliphatic carbocycles. The third kappa shape index (κ3) is 2.15. The van der Waals surface area contributed by atoms with E-state index in [-0.39, 0.29) is 11.9 Å². The van der Waals surface area contributed by atoms with Gasteiger partial charge in [0.1, 0.15) is 5.82 Å². The van der Waals surface area contributed by atoms with Crippen LogP contribution in [-0.4, -0.2) is 25.8 Å². The Hall–Kier alpha value is -1.13. The zero-order valence-corrected chi connectivity index (χ0v) is 9.76. The van der Waals surface area contributed by atoms with Crippen LogP contribution in [0.5, 0.6) is 0 Å². The van der Waals surface area contributed by atoms with Crippen LogP contribution in [0.3, 0.4) is 0 Å². The Labute approximate surface area is 100 Å². The van der Waals surface area contributed by atoms with Crippen molar-refractivity contribution in [3.63, 3.8) is 0 Å². The fourth-order valence-electron chi connectivity index (χ4n) is 2.54. The summed E-state index contributed by atoms with van der Waals surface area (Å²) in [6.45, 7) is 3.18. The van der Waals surface area contributed by atoms with Gasteiger partial charge in [-0.3, -0.25) is 0 Å². The second-order valence-corrected chi connectivity index (χ2v) is 4.69. The van der Waals surface area contributed by atoms with E-state index < -0.39 is 0 Å². The molecule has 1 aromatic rings. The van der Waals surface area contributed by atoms with Crippen molar-refractivity contribution in [2.45, 2.75) is 25.4 Å². The maximum absolute atomic E-state index is 13.9. The Morgan fingerprint density at radius 1 is 1.41 bits per heavy atom. The fourth-order valence-corrected chi connectivity index (χ4v) is 2.54. The number of fused-ring (bicyclic) bond motifs is 1. The molecule has 3 nitrogen and oxygen atoms in total. The highest BCUT2D eigenvalue weighted by Crippen LogP contribution is 2.27. The van der Waals surface area contributed by atoms with Gasteiger partial charge in [-0.2, -0.15) is 0 Å². The second kappa shape index (κ2) is 4.63. The molecule has 17 heavy (non-hydrogen) atoms. The number of benzene rings is 1. The number of anilines is 1. The number of hydrogen-bond donors (Lipinski definition) is 2. The van der Waals surface area contributed by atoms with Crippen molar-refractivity contribution >= 4 is 5.69 Å². The number of rotatable bonds is 2. The van der Waals surface area contributed by atoms with E-state index in [0.717, 1.165) is 38.1 Å². The molecule has 0 amide bonds. The molecule has 2 aliphatic rings. The van der Waals surface area contributed by atoms with E-state index in [1.807, 2.05) is 6.07 Å². The Kier molecular flexibility index (Phi) is 2.99. The zero-order valence-electron chi connectivity index (χ0n) is 9.76. The maximum Gasteiger partial charge on any atom is 0.146 e. The van der Waals surface area contributed by atoms with Gasteiger partial charge in [-0.05, 0) is 36.6 Å². The first-order chi connectivity index (χ1) is 8.34. The van der Waals surface area contributed by atoms with E-state index in [1.54, 1.807) is 6.07 Å². The number of nitrogens with one attached hydrogen (secondary N) is 2. The van der Waals surface area contributed by atoms with Crippen LogP contribution in [0.2, 0.25) is 0 Å². The Bertz CT molecular complexity index is 416. The average Bonchev–Trinajstić information content (AvgIpc) is 2.86. The van der Waals surface area contributed by atoms with E-state index in [4.69, 9.17) is 4.74 Å². The van der Waals surface area contributed by atoms with Crippen LogP contribution in [0.15, 0.2) is 12.1 Å². The molecule has 1 atom stereocenters. The minimum Gasteiger partial charge on any atom is -0.379 e. The smallest absolute Gasteiger partial charge is 0.146 e. The van der Waals surface area contributed by atoms with Crippen LogP contribution in [0.25, 0.3) is 0 Å². The molecule has 2 heterocycles. The lowest BCUT2D eigenvalue weighted by atomic mass is 9.98. The van der Waals surface area contributed by atoms with Gasteiger partial charge in [0, 0.05) is 13.2 Å². The molecule has 1 saturated heterocycles. The first kappa shape index (κ1) is 11.0. The summed E-state index contributed by atoms with van der Waals surface area (Å²) in [7, 11) is 0. The molecule has 1 aromatic carbocycles. The standard InChI is InChI=1S/C13H17FN2O/c14-12-2-1-9-3-5-15-7-11(9)13(12)16-10-4-6-17-8-10/h1-2,10,15-16H,3-8H2. The number of halogens is 1. The summed E-state index contributed by atoms with van der Waals surface area (Å²) in [5, 5.41) is 6.59. The van der Waals surface area contributed by atoms with Gasteiger partial charge in [0.05, 0.1) is 18.3 Å². The molecule has 2 N–H and O–H groups in total. The minimum atomic E-state index is -0.153. The molecule has 92 valence electrons. The largest absolute Gasteiger partial charge is 0.379 e. The van der Waals surface area contributed by atoms with Gasteiger partial charge in [-0.25, -0.2) is 4.39 Å². The summed E-state index contributed by atoms with van der Waals surface area (Å²) in [5.74, 6) is -0.153. The molecule has 0 aromatic heterocycles. The van der Waals surface area contributed by atoms with Gasteiger partial charge in [-0.1, -0.05) is 6.07 Å². The summed E-state index contributed by atoms with van der Waals surface area (Å²) < 4.78 is 19.2. The van der Waals surface area contributed by atoms with Gasteiger partial charge in [0.25, 0.3) is 0 Å². The predicted molar refractivity (Wildman–Crippen MR) is 64.7 cm³/mol. The number of ether oxygens (including phenoxy) is 1. The van der Waals surface area contributed by atoms with Gasteiger partial charge in [0.2, 0.25) is 0 Å². The van der Waals surface area contributed by atoms with Crippen molar-refractivity contribution < 1.29 is 9.13 Å². The van der Waals surface area contributed by atoms with Crippen LogP contribution in [0, 0.1) is 5.82 Å². The summed E-state index contributed by atoms with van der Waals surface area (Å²) in [4.78, 5) is 0. The summed E-state index contributed by atoms with van der Waals surface area (Å²) >= 11 is 0. The zero-order chi connectivity index (χ0) is 11.7. The molecule has 0 radical (unpaired) electrons. The van der Waals surface area contributed by atoms with E-state index in [0.29, 0.717) is 12.3 Å². The molecule has 0 saturated carbocycles. The molecule has 4 heteroatoms. The third-order valence-corrected chi connectivity index (χ3v) is 3.51. The highest BCUT2D eigenvalue weighted by molar-refractivity contribution is 5.57. The van der Waals surface area contributed by atoms with Crippen molar-refractivity contribution in [3.8, 4) is 0 Å². The average molecular weight is 236 g/mol. The lowest BCUT2D eigenvalue weighted by Crippen LogP contribution is -2.27. The molecule has 1 fully saturated rings. The van der Waals surface area contributed by atoms with E-state index in [1.165, 1.54) is 5.56 Å². The summed E-state index contributed by atoms with van der Waals surface area (Å²) in [6, 6.07) is 3.72. The van der Waals surface area contributed by atoms with Crippen LogP contribution in [0.4, 0.5) is 10.1 Å². The van der Waals surface area contributed by atoms with Crippen LogP contribution in [-0.2, 0) is 17.7 Å². The Morgan fingerprint density at radius 3 is 3.18 bits per heavy atom. The van der Waals surface area contributed by atoms with Gasteiger partial charge >= 0.3 is 0 Å². The van der Waals surface area contributed by atoms with Crippen molar-refractivity contribution in [3.05, 3.63) is 29.1 Å². The van der Waals surface area contributed by atoms with E-state index >= 15 is 0 Å². The van der Waals surface area contributed by atoms with Crippen LogP contribution in [0.1, 0.15) is 17.5 Å². The normalized spacial score (nSPS) is 23.5. The van der Waals surface area contributed by atoms with Gasteiger partial charge < -0.3 is 15.4 Å². The lowest BCUT2D eigenvalue weighted by molar-refractivity contribution is 0.195. The van der Waals surface area contributed by atoms with E-state index in [2.05, 4.69) is 10.6 Å². The molecule has 3 rings (SSSR count). The molecular weight excluding hydrogens is 219 g/mol. The molecule has 0 spiro atoms. The SMILES string of the molecule is Fc1ccc2c(c1NC1CCOC1)CNCC2. The van der Waals surface area contributed by atoms with Crippen molar-refractivity contribution in [2.75, 3.05) is 25.1 Å². The molecule has 2 aliphatic heterocycles. The Morgan fingerprint density at radius 2 is 2.35 bits per heavy atom. The van der Waals surface area contributed by atoms with Crippen LogP contribution < -0.4 is 10.6 Å².